The third-order valence-electron chi connectivity index (χ3n) is 4.00. The molecule has 124 valence electrons. The molecule has 7 heteroatoms. The Bertz CT molecular complexity index is 674. The summed E-state index contributed by atoms with van der Waals surface area (Å²) in [4.78, 5) is 16.5. The number of benzene rings is 1. The van der Waals surface area contributed by atoms with Gasteiger partial charge in [-0.05, 0) is 31.4 Å². The predicted octanol–water partition coefficient (Wildman–Crippen LogP) is 2.92. The van der Waals surface area contributed by atoms with Crippen LogP contribution in [0.4, 0.5) is 5.69 Å². The molecule has 0 spiro atoms. The topological polar surface area (TPSA) is 94.0 Å². The van der Waals surface area contributed by atoms with Crippen molar-refractivity contribution in [1.29, 1.82) is 0 Å². The lowest BCUT2D eigenvalue weighted by molar-refractivity contribution is -0.120. The van der Waals surface area contributed by atoms with Gasteiger partial charge in [0.1, 0.15) is 0 Å². The van der Waals surface area contributed by atoms with E-state index < -0.39 is 0 Å². The van der Waals surface area contributed by atoms with Gasteiger partial charge in [-0.25, -0.2) is 0 Å². The highest BCUT2D eigenvalue weighted by atomic mass is 35.5. The summed E-state index contributed by atoms with van der Waals surface area (Å²) in [6.07, 6.45) is 3.69. The highest BCUT2D eigenvalue weighted by molar-refractivity contribution is 5.93. The Balaban J connectivity index is 0.00000192. The van der Waals surface area contributed by atoms with Gasteiger partial charge in [-0.15, -0.1) is 12.4 Å². The van der Waals surface area contributed by atoms with Gasteiger partial charge in [-0.2, -0.15) is 4.98 Å². The zero-order valence-electron chi connectivity index (χ0n) is 13.0. The number of aromatic nitrogens is 2. The molecule has 0 bridgehead atoms. The largest absolute Gasteiger partial charge is 0.339 e. The van der Waals surface area contributed by atoms with Crippen LogP contribution in [0.25, 0.3) is 11.4 Å². The first-order valence-electron chi connectivity index (χ1n) is 7.59. The summed E-state index contributed by atoms with van der Waals surface area (Å²) in [7, 11) is 0. The number of nitrogens with zero attached hydrogens (tertiary/aromatic N) is 2. The fraction of sp³-hybridized carbons (Fsp3) is 0.438. The number of rotatable bonds is 3. The lowest BCUT2D eigenvalue weighted by atomic mass is 9.85. The van der Waals surface area contributed by atoms with Crippen molar-refractivity contribution in [2.75, 3.05) is 5.32 Å². The molecule has 1 aliphatic carbocycles. The Labute approximate surface area is 141 Å². The van der Waals surface area contributed by atoms with E-state index in [2.05, 4.69) is 15.5 Å². The highest BCUT2D eigenvalue weighted by Gasteiger charge is 2.25. The van der Waals surface area contributed by atoms with Gasteiger partial charge in [0.05, 0.1) is 0 Å². The van der Waals surface area contributed by atoms with Crippen LogP contribution in [0.1, 0.15) is 31.6 Å². The molecule has 1 aromatic heterocycles. The van der Waals surface area contributed by atoms with E-state index in [-0.39, 0.29) is 30.3 Å². The van der Waals surface area contributed by atoms with Gasteiger partial charge in [-0.3, -0.25) is 4.79 Å². The second-order valence-corrected chi connectivity index (χ2v) is 5.83. The molecule has 2 aromatic rings. The van der Waals surface area contributed by atoms with Crippen molar-refractivity contribution in [3.63, 3.8) is 0 Å². The van der Waals surface area contributed by atoms with Crippen molar-refractivity contribution in [2.24, 2.45) is 11.7 Å². The molecule has 0 aliphatic heterocycles. The molecule has 2 unspecified atom stereocenters. The Kier molecular flexibility index (Phi) is 5.74. The number of hydrogen-bond donors (Lipinski definition) is 2. The second-order valence-electron chi connectivity index (χ2n) is 5.83. The first kappa shape index (κ1) is 17.4. The Hall–Kier alpha value is -1.92. The highest BCUT2D eigenvalue weighted by Crippen LogP contribution is 2.25. The number of amides is 1. The molecule has 1 fully saturated rings. The van der Waals surface area contributed by atoms with E-state index in [0.29, 0.717) is 11.7 Å². The van der Waals surface area contributed by atoms with Crippen molar-refractivity contribution in [3.05, 3.63) is 30.2 Å². The maximum atomic E-state index is 12.3. The summed E-state index contributed by atoms with van der Waals surface area (Å²) in [6, 6.07) is 7.60. The van der Waals surface area contributed by atoms with Crippen LogP contribution >= 0.6 is 12.4 Å². The number of aryl methyl sites for hydroxylation is 1. The molecule has 1 aromatic carbocycles. The van der Waals surface area contributed by atoms with E-state index in [1.807, 2.05) is 24.3 Å². The van der Waals surface area contributed by atoms with Crippen LogP contribution in [-0.4, -0.2) is 22.1 Å². The number of carbonyl (C=O) groups is 1. The molecule has 3 rings (SSSR count). The molecule has 1 amide bonds. The normalized spacial score (nSPS) is 20.6. The Morgan fingerprint density at radius 2 is 2.22 bits per heavy atom. The monoisotopic (exact) mass is 336 g/mol. The van der Waals surface area contributed by atoms with Gasteiger partial charge in [0, 0.05) is 30.1 Å². The van der Waals surface area contributed by atoms with E-state index in [1.54, 1.807) is 6.92 Å². The molecule has 1 saturated carbocycles. The summed E-state index contributed by atoms with van der Waals surface area (Å²) in [5.41, 5.74) is 7.51. The maximum Gasteiger partial charge on any atom is 0.227 e. The first-order valence-corrected chi connectivity index (χ1v) is 7.59. The zero-order chi connectivity index (χ0) is 15.5. The van der Waals surface area contributed by atoms with Crippen LogP contribution in [0.15, 0.2) is 28.8 Å². The van der Waals surface area contributed by atoms with E-state index in [0.717, 1.165) is 36.9 Å². The quantitative estimate of drug-likeness (QED) is 0.898. The molecule has 23 heavy (non-hydrogen) atoms. The van der Waals surface area contributed by atoms with Crippen molar-refractivity contribution in [1.82, 2.24) is 10.1 Å². The zero-order valence-corrected chi connectivity index (χ0v) is 13.8. The fourth-order valence-electron chi connectivity index (χ4n) is 2.86. The summed E-state index contributed by atoms with van der Waals surface area (Å²) in [5.74, 6) is 1.07. The molecule has 0 saturated heterocycles. The lowest BCUT2D eigenvalue weighted by Gasteiger charge is -2.25. The van der Waals surface area contributed by atoms with E-state index >= 15 is 0 Å². The average Bonchev–Trinajstić information content (AvgIpc) is 2.94. The average molecular weight is 337 g/mol. The van der Waals surface area contributed by atoms with Crippen LogP contribution in [0.3, 0.4) is 0 Å². The molecular weight excluding hydrogens is 316 g/mol. The predicted molar refractivity (Wildman–Crippen MR) is 90.3 cm³/mol. The van der Waals surface area contributed by atoms with Crippen molar-refractivity contribution >= 4 is 24.0 Å². The van der Waals surface area contributed by atoms with E-state index in [1.165, 1.54) is 0 Å². The van der Waals surface area contributed by atoms with Crippen molar-refractivity contribution in [2.45, 2.75) is 38.6 Å². The van der Waals surface area contributed by atoms with Gasteiger partial charge in [0.25, 0.3) is 0 Å². The number of carbonyl (C=O) groups excluding carboxylic acids is 1. The van der Waals surface area contributed by atoms with E-state index in [9.17, 15) is 4.79 Å². The minimum absolute atomic E-state index is 0. The summed E-state index contributed by atoms with van der Waals surface area (Å²) < 4.78 is 4.98. The van der Waals surface area contributed by atoms with Crippen molar-refractivity contribution < 1.29 is 9.32 Å². The number of halogens is 1. The van der Waals surface area contributed by atoms with Gasteiger partial charge in [0.2, 0.25) is 17.6 Å². The lowest BCUT2D eigenvalue weighted by Crippen LogP contribution is -2.34. The summed E-state index contributed by atoms with van der Waals surface area (Å²) in [5, 5.41) is 6.86. The van der Waals surface area contributed by atoms with Crippen LogP contribution < -0.4 is 11.1 Å². The minimum atomic E-state index is -0.000161. The van der Waals surface area contributed by atoms with Crippen molar-refractivity contribution in [3.8, 4) is 11.4 Å². The smallest absolute Gasteiger partial charge is 0.227 e. The molecule has 0 radical (unpaired) electrons. The van der Waals surface area contributed by atoms with Crippen LogP contribution in [0, 0.1) is 12.8 Å². The Morgan fingerprint density at radius 1 is 1.39 bits per heavy atom. The molecule has 1 aliphatic rings. The SMILES string of the molecule is Cc1nc(-c2cccc(NC(=O)C3CCCC(N)C3)c2)no1.Cl. The number of anilines is 1. The molecule has 1 heterocycles. The summed E-state index contributed by atoms with van der Waals surface area (Å²) in [6.45, 7) is 1.74. The number of hydrogen-bond acceptors (Lipinski definition) is 5. The van der Waals surface area contributed by atoms with Gasteiger partial charge in [0.15, 0.2) is 0 Å². The third-order valence-corrected chi connectivity index (χ3v) is 4.00. The van der Waals surface area contributed by atoms with Crippen LogP contribution in [0.2, 0.25) is 0 Å². The number of nitrogens with one attached hydrogen (secondary N) is 1. The Morgan fingerprint density at radius 3 is 2.91 bits per heavy atom. The first-order chi connectivity index (χ1) is 10.6. The van der Waals surface area contributed by atoms with Gasteiger partial charge in [-0.1, -0.05) is 23.7 Å². The molecular formula is C16H21ClN4O2. The summed E-state index contributed by atoms with van der Waals surface area (Å²) >= 11 is 0. The fourth-order valence-corrected chi connectivity index (χ4v) is 2.86. The third kappa shape index (κ3) is 4.30. The molecule has 2 atom stereocenters. The number of nitrogens with two attached hydrogens (primary N) is 1. The molecule has 3 N–H and O–H groups in total. The maximum absolute atomic E-state index is 12.3. The minimum Gasteiger partial charge on any atom is -0.339 e. The van der Waals surface area contributed by atoms with E-state index in [4.69, 9.17) is 10.3 Å². The van der Waals surface area contributed by atoms with Crippen LogP contribution in [0.5, 0.6) is 0 Å². The van der Waals surface area contributed by atoms with Crippen LogP contribution in [-0.2, 0) is 4.79 Å². The van der Waals surface area contributed by atoms with Gasteiger partial charge < -0.3 is 15.6 Å². The molecule has 6 nitrogen and oxygen atoms in total. The second kappa shape index (κ2) is 7.57. The standard InChI is InChI=1S/C16H20N4O2.ClH/c1-10-18-15(20-22-10)11-4-3-7-14(9-11)19-16(21)12-5-2-6-13(17)8-12;/h3-4,7,9,12-13H,2,5-6,8,17H2,1H3,(H,19,21);1H. The van der Waals surface area contributed by atoms with Gasteiger partial charge >= 0.3 is 0 Å².